The molecule has 2 aromatic carbocycles. The van der Waals surface area contributed by atoms with E-state index in [1.165, 1.54) is 12.1 Å². The Kier molecular flexibility index (Phi) is 5.98. The van der Waals surface area contributed by atoms with Gasteiger partial charge >= 0.3 is 0 Å². The quantitative estimate of drug-likeness (QED) is 0.837. The number of ether oxygens (including phenoxy) is 1. The third kappa shape index (κ3) is 4.58. The molecule has 1 aliphatic rings. The van der Waals surface area contributed by atoms with Gasteiger partial charge in [-0.2, -0.15) is 0 Å². The Morgan fingerprint density at radius 3 is 2.41 bits per heavy atom. The number of phenols is 1. The fourth-order valence-corrected chi connectivity index (χ4v) is 3.09. The fourth-order valence-electron chi connectivity index (χ4n) is 3.09. The van der Waals surface area contributed by atoms with Crippen molar-refractivity contribution in [1.29, 1.82) is 0 Å². The van der Waals surface area contributed by atoms with E-state index in [-0.39, 0.29) is 18.4 Å². The summed E-state index contributed by atoms with van der Waals surface area (Å²) >= 11 is 0. The van der Waals surface area contributed by atoms with E-state index in [0.717, 1.165) is 5.56 Å². The highest BCUT2D eigenvalue weighted by Gasteiger charge is 2.25. The van der Waals surface area contributed by atoms with Crippen molar-refractivity contribution in [2.45, 2.75) is 6.04 Å². The van der Waals surface area contributed by atoms with E-state index < -0.39 is 28.9 Å². The van der Waals surface area contributed by atoms with Gasteiger partial charge in [0, 0.05) is 31.8 Å². The molecule has 1 atom stereocenters. The van der Waals surface area contributed by atoms with E-state index >= 15 is 0 Å². The van der Waals surface area contributed by atoms with E-state index in [2.05, 4.69) is 10.2 Å². The number of benzene rings is 2. The molecule has 144 valence electrons. The van der Waals surface area contributed by atoms with Gasteiger partial charge < -0.3 is 15.2 Å². The van der Waals surface area contributed by atoms with E-state index in [0.29, 0.717) is 38.4 Å². The van der Waals surface area contributed by atoms with Crippen LogP contribution in [0.25, 0.3) is 0 Å². The zero-order valence-corrected chi connectivity index (χ0v) is 14.4. The van der Waals surface area contributed by atoms with Crippen LogP contribution in [0.5, 0.6) is 5.75 Å². The average Bonchev–Trinajstić information content (AvgIpc) is 2.63. The summed E-state index contributed by atoms with van der Waals surface area (Å²) in [6.45, 7) is 2.39. The van der Waals surface area contributed by atoms with Gasteiger partial charge in [-0.25, -0.2) is 13.2 Å². The van der Waals surface area contributed by atoms with Gasteiger partial charge in [-0.1, -0.05) is 12.1 Å². The van der Waals surface area contributed by atoms with E-state index in [1.807, 2.05) is 0 Å². The summed E-state index contributed by atoms with van der Waals surface area (Å²) in [5.74, 6) is -4.12. The lowest BCUT2D eigenvalue weighted by Gasteiger charge is -2.35. The summed E-state index contributed by atoms with van der Waals surface area (Å²) in [5, 5.41) is 12.3. The molecule has 1 heterocycles. The molecule has 0 aromatic heterocycles. The Labute approximate surface area is 154 Å². The first kappa shape index (κ1) is 19.2. The second-order valence-corrected chi connectivity index (χ2v) is 6.21. The minimum absolute atomic E-state index is 0.0979. The molecular weight excluding hydrogens is 361 g/mol. The van der Waals surface area contributed by atoms with Crippen molar-refractivity contribution >= 4 is 5.91 Å². The monoisotopic (exact) mass is 380 g/mol. The SMILES string of the molecule is O=C(NCC(c1ccc(F)cc1)N1CCOCC1)c1c(O)cc(F)cc1F. The lowest BCUT2D eigenvalue weighted by atomic mass is 10.0. The van der Waals surface area contributed by atoms with Crippen LogP contribution in [0.15, 0.2) is 36.4 Å². The summed E-state index contributed by atoms with van der Waals surface area (Å²) in [4.78, 5) is 14.4. The first-order valence-corrected chi connectivity index (χ1v) is 8.49. The second-order valence-electron chi connectivity index (χ2n) is 6.21. The van der Waals surface area contributed by atoms with E-state index in [9.17, 15) is 23.1 Å². The van der Waals surface area contributed by atoms with Crippen LogP contribution >= 0.6 is 0 Å². The molecule has 5 nitrogen and oxygen atoms in total. The highest BCUT2D eigenvalue weighted by molar-refractivity contribution is 5.97. The number of carbonyl (C=O) groups excluding carboxylic acids is 1. The van der Waals surface area contributed by atoms with Crippen molar-refractivity contribution in [1.82, 2.24) is 10.2 Å². The molecule has 1 saturated heterocycles. The summed E-state index contributed by atoms with van der Waals surface area (Å²) in [6, 6.07) is 6.83. The predicted octanol–water partition coefficient (Wildman–Crippen LogP) is 2.61. The molecular formula is C19H19F3N2O3. The molecule has 1 aliphatic heterocycles. The molecule has 0 radical (unpaired) electrons. The average molecular weight is 380 g/mol. The van der Waals surface area contributed by atoms with Gasteiger partial charge in [-0.15, -0.1) is 0 Å². The summed E-state index contributed by atoms with van der Waals surface area (Å²) in [6.07, 6.45) is 0. The largest absolute Gasteiger partial charge is 0.507 e. The molecule has 0 spiro atoms. The molecule has 2 aromatic rings. The zero-order chi connectivity index (χ0) is 19.4. The third-order valence-electron chi connectivity index (χ3n) is 4.46. The van der Waals surface area contributed by atoms with Crippen LogP contribution in [-0.2, 0) is 4.74 Å². The van der Waals surface area contributed by atoms with Crippen LogP contribution < -0.4 is 5.32 Å². The molecule has 2 N–H and O–H groups in total. The normalized spacial score (nSPS) is 16.1. The first-order chi connectivity index (χ1) is 13.0. The van der Waals surface area contributed by atoms with E-state index in [4.69, 9.17) is 4.74 Å². The Bertz CT molecular complexity index is 785. The predicted molar refractivity (Wildman–Crippen MR) is 91.9 cm³/mol. The number of halogens is 3. The number of hydrogen-bond acceptors (Lipinski definition) is 4. The standard InChI is InChI=1S/C19H19F3N2O3/c20-13-3-1-12(2-4-13)16(24-5-7-27-8-6-24)11-23-19(26)18-15(22)9-14(21)10-17(18)25/h1-4,9-10,16,25H,5-8,11H2,(H,23,26). The number of nitrogens with one attached hydrogen (secondary N) is 1. The Morgan fingerprint density at radius 1 is 1.11 bits per heavy atom. The maximum absolute atomic E-state index is 13.9. The number of nitrogens with zero attached hydrogens (tertiary/aromatic N) is 1. The van der Waals surface area contributed by atoms with Crippen molar-refractivity contribution in [3.63, 3.8) is 0 Å². The van der Waals surface area contributed by atoms with E-state index in [1.54, 1.807) is 12.1 Å². The minimum Gasteiger partial charge on any atom is -0.507 e. The van der Waals surface area contributed by atoms with Crippen molar-refractivity contribution in [3.8, 4) is 5.75 Å². The van der Waals surface area contributed by atoms with Crippen molar-refractivity contribution in [2.24, 2.45) is 0 Å². The molecule has 0 aliphatic carbocycles. The van der Waals surface area contributed by atoms with Crippen LogP contribution in [-0.4, -0.2) is 48.8 Å². The lowest BCUT2D eigenvalue weighted by molar-refractivity contribution is 0.0162. The van der Waals surface area contributed by atoms with Gasteiger partial charge in [0.15, 0.2) is 0 Å². The van der Waals surface area contributed by atoms with Crippen LogP contribution in [0.1, 0.15) is 22.0 Å². The van der Waals surface area contributed by atoms with Gasteiger partial charge in [0.25, 0.3) is 5.91 Å². The Balaban J connectivity index is 1.78. The van der Waals surface area contributed by atoms with Gasteiger partial charge in [0.05, 0.1) is 19.3 Å². The summed E-state index contributed by atoms with van der Waals surface area (Å²) in [5.41, 5.74) is 0.165. The van der Waals surface area contributed by atoms with Crippen molar-refractivity contribution < 1.29 is 27.8 Å². The van der Waals surface area contributed by atoms with Gasteiger partial charge in [-0.05, 0) is 17.7 Å². The van der Waals surface area contributed by atoms with Crippen LogP contribution in [0.3, 0.4) is 0 Å². The topological polar surface area (TPSA) is 61.8 Å². The highest BCUT2D eigenvalue weighted by Crippen LogP contribution is 2.24. The molecule has 0 bridgehead atoms. The first-order valence-electron chi connectivity index (χ1n) is 8.49. The van der Waals surface area contributed by atoms with Crippen molar-refractivity contribution in [3.05, 3.63) is 65.0 Å². The minimum atomic E-state index is -1.14. The third-order valence-corrected chi connectivity index (χ3v) is 4.46. The Hall–Kier alpha value is -2.58. The molecule has 8 heteroatoms. The number of aromatic hydroxyl groups is 1. The highest BCUT2D eigenvalue weighted by atomic mass is 19.1. The van der Waals surface area contributed by atoms with Crippen LogP contribution in [0.2, 0.25) is 0 Å². The van der Waals surface area contributed by atoms with Crippen molar-refractivity contribution in [2.75, 3.05) is 32.8 Å². The smallest absolute Gasteiger partial charge is 0.258 e. The molecule has 27 heavy (non-hydrogen) atoms. The van der Waals surface area contributed by atoms with Gasteiger partial charge in [0.1, 0.15) is 28.8 Å². The van der Waals surface area contributed by atoms with Gasteiger partial charge in [0.2, 0.25) is 0 Å². The molecule has 0 saturated carbocycles. The number of hydrogen-bond donors (Lipinski definition) is 2. The van der Waals surface area contributed by atoms with Gasteiger partial charge in [-0.3, -0.25) is 9.69 Å². The number of rotatable bonds is 5. The fraction of sp³-hybridized carbons (Fsp3) is 0.316. The molecule has 1 amide bonds. The molecule has 3 rings (SSSR count). The summed E-state index contributed by atoms with van der Waals surface area (Å²) in [7, 11) is 0. The van der Waals surface area contributed by atoms with Crippen LogP contribution in [0, 0.1) is 17.5 Å². The van der Waals surface area contributed by atoms with Crippen LogP contribution in [0.4, 0.5) is 13.2 Å². The molecule has 1 fully saturated rings. The lowest BCUT2D eigenvalue weighted by Crippen LogP contribution is -2.44. The maximum atomic E-state index is 13.9. The Morgan fingerprint density at radius 2 is 1.78 bits per heavy atom. The zero-order valence-electron chi connectivity index (χ0n) is 14.4. The number of morpholine rings is 1. The summed E-state index contributed by atoms with van der Waals surface area (Å²) < 4.78 is 45.6. The number of amides is 1. The number of phenolic OH excluding ortho intramolecular Hbond substituents is 1. The number of carbonyl (C=O) groups is 1. The maximum Gasteiger partial charge on any atom is 0.258 e. The second kappa shape index (κ2) is 8.41. The molecule has 1 unspecified atom stereocenters.